The molecule has 1 aromatic heterocycles. The second-order valence-electron chi connectivity index (χ2n) is 9.81. The fourth-order valence-electron chi connectivity index (χ4n) is 5.13. The van der Waals surface area contributed by atoms with Gasteiger partial charge in [0.2, 0.25) is 10.0 Å². The van der Waals surface area contributed by atoms with Gasteiger partial charge in [0.05, 0.1) is 4.90 Å². The molecular weight excluding hydrogens is 509 g/mol. The van der Waals surface area contributed by atoms with Crippen molar-refractivity contribution in [3.8, 4) is 11.4 Å². The van der Waals surface area contributed by atoms with Gasteiger partial charge in [-0.15, -0.1) is 10.2 Å². The molecule has 0 radical (unpaired) electrons. The van der Waals surface area contributed by atoms with E-state index in [0.717, 1.165) is 80.5 Å². The number of hydrogen-bond donors (Lipinski definition) is 0. The van der Waals surface area contributed by atoms with Gasteiger partial charge in [0.25, 0.3) is 0 Å². The molecule has 7 nitrogen and oxygen atoms in total. The lowest BCUT2D eigenvalue weighted by atomic mass is 10.0. The molecule has 3 aromatic rings. The third-order valence-electron chi connectivity index (χ3n) is 7.31. The predicted octanol–water partition coefficient (Wildman–Crippen LogP) is 4.38. The van der Waals surface area contributed by atoms with Crippen molar-refractivity contribution < 1.29 is 12.8 Å². The van der Waals surface area contributed by atoms with Crippen LogP contribution < -0.4 is 0 Å². The Kier molecular flexibility index (Phi) is 8.28. The van der Waals surface area contributed by atoms with Gasteiger partial charge < -0.3 is 9.47 Å². The zero-order valence-corrected chi connectivity index (χ0v) is 22.9. The Bertz CT molecular complexity index is 1320. The van der Waals surface area contributed by atoms with Gasteiger partial charge in [0.15, 0.2) is 11.0 Å². The summed E-state index contributed by atoms with van der Waals surface area (Å²) in [5.41, 5.74) is 3.28. The van der Waals surface area contributed by atoms with Crippen LogP contribution in [0.2, 0.25) is 0 Å². The summed E-state index contributed by atoms with van der Waals surface area (Å²) < 4.78 is 43.1. The third kappa shape index (κ3) is 6.08. The van der Waals surface area contributed by atoms with Gasteiger partial charge in [-0.3, -0.25) is 0 Å². The van der Waals surface area contributed by atoms with Gasteiger partial charge in [-0.2, -0.15) is 4.31 Å². The SMILES string of the molecule is Cn1c(SCCCN2CCc3ccc(S(=O)(=O)N4CCCCC4)cc3CC2)nnc1-c1ccc(F)cc1. The molecule has 0 saturated carbocycles. The number of aromatic nitrogens is 3. The summed E-state index contributed by atoms with van der Waals surface area (Å²) in [6.07, 6.45) is 5.84. The number of sulfonamides is 1. The quantitative estimate of drug-likeness (QED) is 0.310. The minimum absolute atomic E-state index is 0.264. The largest absolute Gasteiger partial charge is 0.305 e. The molecule has 3 heterocycles. The third-order valence-corrected chi connectivity index (χ3v) is 10.3. The smallest absolute Gasteiger partial charge is 0.243 e. The van der Waals surface area contributed by atoms with Crippen molar-refractivity contribution in [2.24, 2.45) is 7.05 Å². The zero-order chi connectivity index (χ0) is 25.8. The lowest BCUT2D eigenvalue weighted by molar-refractivity contribution is 0.289. The molecule has 10 heteroatoms. The summed E-state index contributed by atoms with van der Waals surface area (Å²) in [4.78, 5) is 2.92. The van der Waals surface area contributed by atoms with E-state index in [9.17, 15) is 12.8 Å². The summed E-state index contributed by atoms with van der Waals surface area (Å²) in [6, 6.07) is 12.1. The van der Waals surface area contributed by atoms with Crippen molar-refractivity contribution in [2.75, 3.05) is 38.5 Å². The average molecular weight is 544 g/mol. The molecule has 2 aromatic carbocycles. The maximum Gasteiger partial charge on any atom is 0.243 e. The highest BCUT2D eigenvalue weighted by Crippen LogP contribution is 2.26. The molecule has 0 unspecified atom stereocenters. The first kappa shape index (κ1) is 26.3. The molecule has 1 fully saturated rings. The van der Waals surface area contributed by atoms with Gasteiger partial charge in [-0.05, 0) is 86.2 Å². The number of thioether (sulfide) groups is 1. The average Bonchev–Trinajstić information content (AvgIpc) is 3.15. The second-order valence-corrected chi connectivity index (χ2v) is 12.8. The number of fused-ring (bicyclic) bond motifs is 1. The summed E-state index contributed by atoms with van der Waals surface area (Å²) >= 11 is 1.68. The van der Waals surface area contributed by atoms with Crippen molar-refractivity contribution in [1.82, 2.24) is 24.0 Å². The Hall–Kier alpha value is -2.27. The molecule has 2 aliphatic rings. The van der Waals surface area contributed by atoms with E-state index in [-0.39, 0.29) is 5.82 Å². The van der Waals surface area contributed by atoms with Crippen LogP contribution in [0.15, 0.2) is 52.5 Å². The number of piperidine rings is 1. The Labute approximate surface area is 223 Å². The molecule has 0 bridgehead atoms. The number of halogens is 1. The van der Waals surface area contributed by atoms with Crippen LogP contribution in [-0.4, -0.2) is 70.9 Å². The van der Waals surface area contributed by atoms with Gasteiger partial charge in [0.1, 0.15) is 5.82 Å². The lowest BCUT2D eigenvalue weighted by Gasteiger charge is -2.26. The minimum Gasteiger partial charge on any atom is -0.305 e. The van der Waals surface area contributed by atoms with Crippen molar-refractivity contribution in [2.45, 2.75) is 48.6 Å². The van der Waals surface area contributed by atoms with E-state index in [4.69, 9.17) is 0 Å². The monoisotopic (exact) mass is 543 g/mol. The Morgan fingerprint density at radius 3 is 2.41 bits per heavy atom. The molecule has 37 heavy (non-hydrogen) atoms. The Morgan fingerprint density at radius 2 is 1.65 bits per heavy atom. The summed E-state index contributed by atoms with van der Waals surface area (Å²) in [5, 5.41) is 9.46. The number of nitrogens with zero attached hydrogens (tertiary/aromatic N) is 5. The zero-order valence-electron chi connectivity index (χ0n) is 21.3. The fourth-order valence-corrected chi connectivity index (χ4v) is 7.53. The molecule has 0 spiro atoms. The highest BCUT2D eigenvalue weighted by Gasteiger charge is 2.27. The Morgan fingerprint density at radius 1 is 0.919 bits per heavy atom. The van der Waals surface area contributed by atoms with Crippen molar-refractivity contribution in [3.63, 3.8) is 0 Å². The first-order valence-electron chi connectivity index (χ1n) is 13.0. The van der Waals surface area contributed by atoms with Crippen LogP contribution in [0.4, 0.5) is 4.39 Å². The fraction of sp³-hybridized carbons (Fsp3) is 0.481. The van der Waals surface area contributed by atoms with Crippen molar-refractivity contribution in [1.29, 1.82) is 0 Å². The molecule has 1 saturated heterocycles. The van der Waals surface area contributed by atoms with E-state index in [1.165, 1.54) is 23.3 Å². The molecule has 0 amide bonds. The van der Waals surface area contributed by atoms with Crippen LogP contribution in [0.5, 0.6) is 0 Å². The highest BCUT2D eigenvalue weighted by molar-refractivity contribution is 7.99. The molecule has 2 aliphatic heterocycles. The maximum atomic E-state index is 13.2. The molecule has 0 N–H and O–H groups in total. The van der Waals surface area contributed by atoms with Crippen LogP contribution in [0.25, 0.3) is 11.4 Å². The van der Waals surface area contributed by atoms with Crippen molar-refractivity contribution in [3.05, 3.63) is 59.4 Å². The molecular formula is C27H34FN5O2S2. The van der Waals surface area contributed by atoms with E-state index >= 15 is 0 Å². The van der Waals surface area contributed by atoms with Crippen LogP contribution in [0.3, 0.4) is 0 Å². The van der Waals surface area contributed by atoms with Crippen LogP contribution in [0, 0.1) is 5.82 Å². The first-order chi connectivity index (χ1) is 17.9. The topological polar surface area (TPSA) is 71.3 Å². The predicted molar refractivity (Wildman–Crippen MR) is 145 cm³/mol. The van der Waals surface area contributed by atoms with E-state index in [1.807, 2.05) is 23.7 Å². The van der Waals surface area contributed by atoms with Crippen LogP contribution >= 0.6 is 11.8 Å². The molecule has 0 atom stereocenters. The molecule has 198 valence electrons. The van der Waals surface area contributed by atoms with Crippen LogP contribution in [0.1, 0.15) is 36.8 Å². The molecule has 0 aliphatic carbocycles. The van der Waals surface area contributed by atoms with Gasteiger partial charge >= 0.3 is 0 Å². The van der Waals surface area contributed by atoms with Crippen LogP contribution in [-0.2, 0) is 29.9 Å². The van der Waals surface area contributed by atoms with E-state index < -0.39 is 10.0 Å². The first-order valence-corrected chi connectivity index (χ1v) is 15.5. The van der Waals surface area contributed by atoms with Gasteiger partial charge in [-0.1, -0.05) is 24.2 Å². The molecule has 5 rings (SSSR count). The van der Waals surface area contributed by atoms with Gasteiger partial charge in [0, 0.05) is 44.5 Å². The summed E-state index contributed by atoms with van der Waals surface area (Å²) in [5.74, 6) is 1.39. The van der Waals surface area contributed by atoms with E-state index in [1.54, 1.807) is 34.3 Å². The van der Waals surface area contributed by atoms with E-state index in [2.05, 4.69) is 15.1 Å². The highest BCUT2D eigenvalue weighted by atomic mass is 32.2. The van der Waals surface area contributed by atoms with E-state index in [0.29, 0.717) is 18.0 Å². The number of rotatable bonds is 8. The normalized spacial score (nSPS) is 17.5. The Balaban J connectivity index is 1.13. The second kappa shape index (κ2) is 11.6. The lowest BCUT2D eigenvalue weighted by Crippen LogP contribution is -2.35. The maximum absolute atomic E-state index is 13.2. The summed E-state index contributed by atoms with van der Waals surface area (Å²) in [6.45, 7) is 4.17. The van der Waals surface area contributed by atoms with Crippen molar-refractivity contribution >= 4 is 21.8 Å². The van der Waals surface area contributed by atoms with Gasteiger partial charge in [-0.25, -0.2) is 12.8 Å². The summed E-state index contributed by atoms with van der Waals surface area (Å²) in [7, 11) is -1.46. The standard InChI is InChI=1S/C27H34FN5O2S2/c1-31-26(22-6-9-24(28)10-7-22)29-30-27(31)36-19-5-14-32-17-12-21-8-11-25(20-23(21)13-18-32)37(34,35)33-15-3-2-4-16-33/h6-11,20H,2-5,12-19H2,1H3. The number of hydrogen-bond acceptors (Lipinski definition) is 6. The number of benzene rings is 2. The minimum atomic E-state index is -3.40.